The molecule has 4 rings (SSSR count). The molecule has 2 aliphatic heterocycles. The summed E-state index contributed by atoms with van der Waals surface area (Å²) in [5.41, 5.74) is 9.66. The average Bonchev–Trinajstić information content (AvgIpc) is 3.22. The van der Waals surface area contributed by atoms with Crippen LogP contribution in [-0.2, 0) is 17.8 Å². The number of nitrogens with one attached hydrogen (secondary N) is 1. The van der Waals surface area contributed by atoms with Crippen molar-refractivity contribution in [2.45, 2.75) is 18.9 Å². The van der Waals surface area contributed by atoms with Crippen LogP contribution in [0.4, 0.5) is 4.79 Å². The normalized spacial score (nSPS) is 21.0. The van der Waals surface area contributed by atoms with Gasteiger partial charge in [0.25, 0.3) is 0 Å². The highest BCUT2D eigenvalue weighted by Gasteiger charge is 2.35. The third kappa shape index (κ3) is 4.27. The van der Waals surface area contributed by atoms with Gasteiger partial charge in [0, 0.05) is 32.1 Å². The standard InChI is InChI=1S/C23H28N4O2/c24-12-20-15-27(16-21(20)18-7-2-1-3-8-18)22(28)13-25-23(29)26-11-10-17-6-4-5-9-19(17)14-26/h1-9,20-21H,10-16,24H2,(H,25,29)/t20-,21+/m1/s1. The van der Waals surface area contributed by atoms with E-state index in [4.69, 9.17) is 5.73 Å². The van der Waals surface area contributed by atoms with Gasteiger partial charge in [-0.2, -0.15) is 0 Å². The van der Waals surface area contributed by atoms with Crippen LogP contribution in [0.1, 0.15) is 22.6 Å². The maximum atomic E-state index is 12.7. The molecule has 6 heteroatoms. The second-order valence-corrected chi connectivity index (χ2v) is 7.91. The molecule has 0 radical (unpaired) electrons. The van der Waals surface area contributed by atoms with E-state index in [9.17, 15) is 9.59 Å². The number of nitrogens with two attached hydrogens (primary N) is 1. The van der Waals surface area contributed by atoms with Gasteiger partial charge in [-0.3, -0.25) is 4.79 Å². The fourth-order valence-electron chi connectivity index (χ4n) is 4.44. The molecule has 0 aromatic heterocycles. The van der Waals surface area contributed by atoms with Gasteiger partial charge in [-0.15, -0.1) is 0 Å². The number of nitrogens with zero attached hydrogens (tertiary/aromatic N) is 2. The van der Waals surface area contributed by atoms with Gasteiger partial charge in [-0.1, -0.05) is 54.6 Å². The van der Waals surface area contributed by atoms with Crippen LogP contribution in [0.2, 0.25) is 0 Å². The molecule has 2 aromatic carbocycles. The lowest BCUT2D eigenvalue weighted by Crippen LogP contribution is -2.46. The highest BCUT2D eigenvalue weighted by Crippen LogP contribution is 2.31. The second-order valence-electron chi connectivity index (χ2n) is 7.91. The van der Waals surface area contributed by atoms with Crippen molar-refractivity contribution in [2.24, 2.45) is 11.7 Å². The zero-order chi connectivity index (χ0) is 20.2. The van der Waals surface area contributed by atoms with Crippen molar-refractivity contribution in [1.29, 1.82) is 0 Å². The van der Waals surface area contributed by atoms with Crippen molar-refractivity contribution in [3.8, 4) is 0 Å². The van der Waals surface area contributed by atoms with Crippen molar-refractivity contribution >= 4 is 11.9 Å². The number of amides is 3. The molecule has 29 heavy (non-hydrogen) atoms. The quantitative estimate of drug-likeness (QED) is 0.835. The van der Waals surface area contributed by atoms with E-state index in [2.05, 4.69) is 29.6 Å². The predicted molar refractivity (Wildman–Crippen MR) is 112 cm³/mol. The number of carbonyl (C=O) groups excluding carboxylic acids is 2. The summed E-state index contributed by atoms with van der Waals surface area (Å²) < 4.78 is 0. The molecule has 0 spiro atoms. The Hall–Kier alpha value is -2.86. The first-order chi connectivity index (χ1) is 14.2. The molecule has 3 N–H and O–H groups in total. The van der Waals surface area contributed by atoms with E-state index in [1.54, 1.807) is 4.90 Å². The lowest BCUT2D eigenvalue weighted by Gasteiger charge is -2.29. The lowest BCUT2D eigenvalue weighted by atomic mass is 9.89. The summed E-state index contributed by atoms with van der Waals surface area (Å²) in [6.07, 6.45) is 0.848. The number of hydrogen-bond acceptors (Lipinski definition) is 3. The zero-order valence-electron chi connectivity index (χ0n) is 16.6. The highest BCUT2D eigenvalue weighted by molar-refractivity contribution is 5.84. The third-order valence-electron chi connectivity index (χ3n) is 6.13. The maximum Gasteiger partial charge on any atom is 0.318 e. The first kappa shape index (κ1) is 19.5. The molecule has 0 aliphatic carbocycles. The van der Waals surface area contributed by atoms with Crippen molar-refractivity contribution in [2.75, 3.05) is 32.7 Å². The Labute approximate surface area is 171 Å². The topological polar surface area (TPSA) is 78.7 Å². The summed E-state index contributed by atoms with van der Waals surface area (Å²) in [4.78, 5) is 28.9. The molecule has 0 bridgehead atoms. The molecular weight excluding hydrogens is 364 g/mol. The summed E-state index contributed by atoms with van der Waals surface area (Å²) in [5, 5.41) is 2.81. The molecule has 1 fully saturated rings. The van der Waals surface area contributed by atoms with Gasteiger partial charge >= 0.3 is 6.03 Å². The van der Waals surface area contributed by atoms with Crippen molar-refractivity contribution < 1.29 is 9.59 Å². The first-order valence-corrected chi connectivity index (χ1v) is 10.3. The second kappa shape index (κ2) is 8.66. The summed E-state index contributed by atoms with van der Waals surface area (Å²) in [7, 11) is 0. The molecule has 152 valence electrons. The van der Waals surface area contributed by atoms with Crippen LogP contribution in [0.25, 0.3) is 0 Å². The van der Waals surface area contributed by atoms with Crippen LogP contribution in [0.5, 0.6) is 0 Å². The van der Waals surface area contributed by atoms with Gasteiger partial charge in [0.05, 0.1) is 6.54 Å². The minimum absolute atomic E-state index is 0.0236. The van der Waals surface area contributed by atoms with Crippen molar-refractivity contribution in [3.05, 3.63) is 71.3 Å². The number of hydrogen-bond donors (Lipinski definition) is 2. The molecule has 6 nitrogen and oxygen atoms in total. The molecule has 2 heterocycles. The molecule has 1 saturated heterocycles. The Morgan fingerprint density at radius 2 is 1.69 bits per heavy atom. The average molecular weight is 393 g/mol. The SMILES string of the molecule is NC[C@@H]1CN(C(=O)CNC(=O)N2CCc3ccccc3C2)C[C@H]1c1ccccc1. The van der Waals surface area contributed by atoms with E-state index >= 15 is 0 Å². The Morgan fingerprint density at radius 3 is 2.45 bits per heavy atom. The van der Waals surface area contributed by atoms with E-state index in [1.807, 2.05) is 35.2 Å². The number of urea groups is 1. The predicted octanol–water partition coefficient (Wildman–Crippen LogP) is 1.96. The van der Waals surface area contributed by atoms with E-state index < -0.39 is 0 Å². The molecule has 2 aliphatic rings. The number of likely N-dealkylation sites (tertiary alicyclic amines) is 1. The van der Waals surface area contributed by atoms with Crippen LogP contribution in [0.15, 0.2) is 54.6 Å². The van der Waals surface area contributed by atoms with Gasteiger partial charge in [-0.05, 0) is 35.6 Å². The fraction of sp³-hybridized carbons (Fsp3) is 0.391. The van der Waals surface area contributed by atoms with Crippen LogP contribution in [-0.4, -0.2) is 54.5 Å². The molecule has 0 unspecified atom stereocenters. The number of benzene rings is 2. The lowest BCUT2D eigenvalue weighted by molar-refractivity contribution is -0.129. The van der Waals surface area contributed by atoms with E-state index in [0.29, 0.717) is 32.7 Å². The monoisotopic (exact) mass is 392 g/mol. The maximum absolute atomic E-state index is 12.7. The molecule has 0 saturated carbocycles. The van der Waals surface area contributed by atoms with Crippen LogP contribution in [0, 0.1) is 5.92 Å². The Kier molecular flexibility index (Phi) is 5.81. The number of carbonyl (C=O) groups is 2. The summed E-state index contributed by atoms with van der Waals surface area (Å²) in [6, 6.07) is 18.2. The first-order valence-electron chi connectivity index (χ1n) is 10.3. The van der Waals surface area contributed by atoms with Gasteiger partial charge < -0.3 is 20.9 Å². The molecule has 2 aromatic rings. The number of fused-ring (bicyclic) bond motifs is 1. The molecular formula is C23H28N4O2. The Balaban J connectivity index is 1.31. The Morgan fingerprint density at radius 1 is 0.966 bits per heavy atom. The highest BCUT2D eigenvalue weighted by atomic mass is 16.2. The zero-order valence-corrected chi connectivity index (χ0v) is 16.6. The third-order valence-corrected chi connectivity index (χ3v) is 6.13. The largest absolute Gasteiger partial charge is 0.340 e. The van der Waals surface area contributed by atoms with Crippen LogP contribution >= 0.6 is 0 Å². The van der Waals surface area contributed by atoms with Crippen molar-refractivity contribution in [1.82, 2.24) is 15.1 Å². The number of rotatable bonds is 4. The van der Waals surface area contributed by atoms with Crippen LogP contribution < -0.4 is 11.1 Å². The van der Waals surface area contributed by atoms with E-state index in [-0.39, 0.29) is 30.3 Å². The van der Waals surface area contributed by atoms with Gasteiger partial charge in [0.15, 0.2) is 0 Å². The van der Waals surface area contributed by atoms with Gasteiger partial charge in [0.2, 0.25) is 5.91 Å². The molecule has 2 atom stereocenters. The summed E-state index contributed by atoms with van der Waals surface area (Å²) in [5.74, 6) is 0.447. The van der Waals surface area contributed by atoms with E-state index in [0.717, 1.165) is 6.42 Å². The summed E-state index contributed by atoms with van der Waals surface area (Å²) >= 11 is 0. The Bertz CT molecular complexity index is 870. The van der Waals surface area contributed by atoms with Crippen molar-refractivity contribution in [3.63, 3.8) is 0 Å². The fourth-order valence-corrected chi connectivity index (χ4v) is 4.44. The molecule has 3 amide bonds. The minimum Gasteiger partial charge on any atom is -0.340 e. The van der Waals surface area contributed by atoms with Crippen LogP contribution in [0.3, 0.4) is 0 Å². The smallest absolute Gasteiger partial charge is 0.318 e. The summed E-state index contributed by atoms with van der Waals surface area (Å²) in [6.45, 7) is 3.12. The minimum atomic E-state index is -0.179. The van der Waals surface area contributed by atoms with Gasteiger partial charge in [-0.25, -0.2) is 4.79 Å². The van der Waals surface area contributed by atoms with E-state index in [1.165, 1.54) is 16.7 Å². The van der Waals surface area contributed by atoms with Gasteiger partial charge in [0.1, 0.15) is 0 Å².